The molecule has 19 heavy (non-hydrogen) atoms. The van der Waals surface area contributed by atoms with Crippen molar-refractivity contribution in [2.24, 2.45) is 5.73 Å². The van der Waals surface area contributed by atoms with Crippen LogP contribution < -0.4 is 15.4 Å². The molecule has 3 nitrogen and oxygen atoms in total. The van der Waals surface area contributed by atoms with Crippen molar-refractivity contribution in [3.63, 3.8) is 0 Å². The first-order valence-corrected chi connectivity index (χ1v) is 6.36. The summed E-state index contributed by atoms with van der Waals surface area (Å²) in [7, 11) is 3.76. The second kappa shape index (κ2) is 6.25. The molecule has 0 saturated carbocycles. The molecule has 0 spiro atoms. The highest BCUT2D eigenvalue weighted by atomic mass is 16.5. The summed E-state index contributed by atoms with van der Waals surface area (Å²) in [6, 6.07) is 16.5. The van der Waals surface area contributed by atoms with Crippen LogP contribution in [0.2, 0.25) is 0 Å². The van der Waals surface area contributed by atoms with Crippen molar-refractivity contribution >= 4 is 5.69 Å². The van der Waals surface area contributed by atoms with E-state index in [-0.39, 0.29) is 0 Å². The first kappa shape index (κ1) is 13.4. The quantitative estimate of drug-likeness (QED) is 0.894. The lowest BCUT2D eigenvalue weighted by Crippen LogP contribution is -2.16. The van der Waals surface area contributed by atoms with E-state index in [4.69, 9.17) is 10.5 Å². The van der Waals surface area contributed by atoms with E-state index in [2.05, 4.69) is 36.2 Å². The summed E-state index contributed by atoms with van der Waals surface area (Å²) >= 11 is 0. The minimum absolute atomic E-state index is 0.492. The second-order valence-electron chi connectivity index (χ2n) is 4.54. The number of rotatable bonds is 5. The zero-order chi connectivity index (χ0) is 13.7. The fourth-order valence-corrected chi connectivity index (χ4v) is 2.14. The standard InChI is InChI=1S/C16H20N2O/c1-18(15-6-4-3-5-7-15)12-13-8-9-16(19-2)14(10-13)11-17/h3-10H,11-12,17H2,1-2H3. The Morgan fingerprint density at radius 2 is 1.84 bits per heavy atom. The van der Waals surface area contributed by atoms with E-state index in [9.17, 15) is 0 Å². The van der Waals surface area contributed by atoms with Gasteiger partial charge in [-0.05, 0) is 29.8 Å². The van der Waals surface area contributed by atoms with Gasteiger partial charge in [-0.2, -0.15) is 0 Å². The predicted molar refractivity (Wildman–Crippen MR) is 79.4 cm³/mol. The van der Waals surface area contributed by atoms with Gasteiger partial charge in [-0.15, -0.1) is 0 Å². The third-order valence-corrected chi connectivity index (χ3v) is 3.18. The lowest BCUT2D eigenvalue weighted by atomic mass is 10.1. The fraction of sp³-hybridized carbons (Fsp3) is 0.250. The minimum atomic E-state index is 0.492. The summed E-state index contributed by atoms with van der Waals surface area (Å²) in [5.41, 5.74) is 9.22. The van der Waals surface area contributed by atoms with E-state index in [1.165, 1.54) is 11.3 Å². The van der Waals surface area contributed by atoms with Crippen LogP contribution in [0.25, 0.3) is 0 Å². The van der Waals surface area contributed by atoms with E-state index in [1.807, 2.05) is 24.3 Å². The van der Waals surface area contributed by atoms with Gasteiger partial charge in [0.25, 0.3) is 0 Å². The third-order valence-electron chi connectivity index (χ3n) is 3.18. The first-order valence-electron chi connectivity index (χ1n) is 6.36. The number of benzene rings is 2. The van der Waals surface area contributed by atoms with Gasteiger partial charge in [0.15, 0.2) is 0 Å². The van der Waals surface area contributed by atoms with Crippen LogP contribution in [-0.2, 0) is 13.1 Å². The van der Waals surface area contributed by atoms with Crippen molar-refractivity contribution in [2.45, 2.75) is 13.1 Å². The van der Waals surface area contributed by atoms with Gasteiger partial charge in [0.2, 0.25) is 0 Å². The molecule has 3 heteroatoms. The van der Waals surface area contributed by atoms with Crippen molar-refractivity contribution in [3.8, 4) is 5.75 Å². The molecule has 0 aromatic heterocycles. The molecule has 2 rings (SSSR count). The molecule has 0 radical (unpaired) electrons. The Bertz CT molecular complexity index is 526. The van der Waals surface area contributed by atoms with Crippen molar-refractivity contribution < 1.29 is 4.74 Å². The number of hydrogen-bond acceptors (Lipinski definition) is 3. The fourth-order valence-electron chi connectivity index (χ4n) is 2.14. The maximum atomic E-state index is 5.74. The molecule has 0 amide bonds. The Hall–Kier alpha value is -2.00. The number of ether oxygens (including phenoxy) is 1. The zero-order valence-electron chi connectivity index (χ0n) is 11.5. The van der Waals surface area contributed by atoms with Crippen LogP contribution in [0.4, 0.5) is 5.69 Å². The third kappa shape index (κ3) is 3.26. The highest BCUT2D eigenvalue weighted by Crippen LogP contribution is 2.21. The number of anilines is 1. The van der Waals surface area contributed by atoms with Gasteiger partial charge < -0.3 is 15.4 Å². The SMILES string of the molecule is COc1ccc(CN(C)c2ccccc2)cc1CN. The van der Waals surface area contributed by atoms with Gasteiger partial charge in [-0.3, -0.25) is 0 Å². The van der Waals surface area contributed by atoms with Crippen LogP contribution >= 0.6 is 0 Å². The zero-order valence-corrected chi connectivity index (χ0v) is 11.5. The van der Waals surface area contributed by atoms with Gasteiger partial charge in [-0.1, -0.05) is 24.3 Å². The highest BCUT2D eigenvalue weighted by molar-refractivity contribution is 5.46. The lowest BCUT2D eigenvalue weighted by Gasteiger charge is -2.20. The van der Waals surface area contributed by atoms with Crippen LogP contribution in [0.5, 0.6) is 5.75 Å². The van der Waals surface area contributed by atoms with E-state index in [1.54, 1.807) is 7.11 Å². The summed E-state index contributed by atoms with van der Waals surface area (Å²) in [5.74, 6) is 0.855. The first-order chi connectivity index (χ1) is 9.24. The summed E-state index contributed by atoms with van der Waals surface area (Å²) in [6.45, 7) is 1.34. The van der Waals surface area contributed by atoms with Crippen molar-refractivity contribution in [1.29, 1.82) is 0 Å². The van der Waals surface area contributed by atoms with Crippen molar-refractivity contribution in [2.75, 3.05) is 19.1 Å². The van der Waals surface area contributed by atoms with Crippen molar-refractivity contribution in [3.05, 3.63) is 59.7 Å². The van der Waals surface area contributed by atoms with E-state index in [0.29, 0.717) is 6.54 Å². The second-order valence-corrected chi connectivity index (χ2v) is 4.54. The molecule has 0 heterocycles. The van der Waals surface area contributed by atoms with Gasteiger partial charge in [0, 0.05) is 31.4 Å². The molecule has 0 atom stereocenters. The normalized spacial score (nSPS) is 10.3. The monoisotopic (exact) mass is 256 g/mol. The molecule has 100 valence electrons. The maximum Gasteiger partial charge on any atom is 0.123 e. The Morgan fingerprint density at radius 3 is 2.47 bits per heavy atom. The minimum Gasteiger partial charge on any atom is -0.496 e. The Morgan fingerprint density at radius 1 is 1.11 bits per heavy atom. The van der Waals surface area contributed by atoms with Gasteiger partial charge in [-0.25, -0.2) is 0 Å². The van der Waals surface area contributed by atoms with Gasteiger partial charge in [0.05, 0.1) is 7.11 Å². The number of methoxy groups -OCH3 is 1. The maximum absolute atomic E-state index is 5.74. The summed E-state index contributed by atoms with van der Waals surface area (Å²) in [5, 5.41) is 0. The molecule has 0 unspecified atom stereocenters. The van der Waals surface area contributed by atoms with Gasteiger partial charge >= 0.3 is 0 Å². The Labute approximate surface area is 114 Å². The number of nitrogens with two attached hydrogens (primary N) is 1. The summed E-state index contributed by atoms with van der Waals surface area (Å²) < 4.78 is 5.29. The van der Waals surface area contributed by atoms with E-state index in [0.717, 1.165) is 17.9 Å². The van der Waals surface area contributed by atoms with Crippen LogP contribution in [0, 0.1) is 0 Å². The molecule has 0 aliphatic heterocycles. The van der Waals surface area contributed by atoms with Gasteiger partial charge in [0.1, 0.15) is 5.75 Å². The Kier molecular flexibility index (Phi) is 4.42. The number of para-hydroxylation sites is 1. The molecule has 0 fully saturated rings. The average molecular weight is 256 g/mol. The molecule has 0 saturated heterocycles. The van der Waals surface area contributed by atoms with E-state index >= 15 is 0 Å². The van der Waals surface area contributed by atoms with Crippen LogP contribution in [0.15, 0.2) is 48.5 Å². The highest BCUT2D eigenvalue weighted by Gasteiger charge is 2.05. The Balaban J connectivity index is 2.15. The number of nitrogens with zero attached hydrogens (tertiary/aromatic N) is 1. The van der Waals surface area contributed by atoms with Crippen LogP contribution in [-0.4, -0.2) is 14.2 Å². The molecule has 0 aliphatic rings. The predicted octanol–water partition coefficient (Wildman–Crippen LogP) is 2.79. The molecule has 0 aliphatic carbocycles. The van der Waals surface area contributed by atoms with E-state index < -0.39 is 0 Å². The average Bonchev–Trinajstić information content (AvgIpc) is 2.48. The van der Waals surface area contributed by atoms with Crippen molar-refractivity contribution in [1.82, 2.24) is 0 Å². The largest absolute Gasteiger partial charge is 0.496 e. The topological polar surface area (TPSA) is 38.5 Å². The molecule has 2 aromatic rings. The smallest absolute Gasteiger partial charge is 0.123 e. The molecular weight excluding hydrogens is 236 g/mol. The summed E-state index contributed by atoms with van der Waals surface area (Å²) in [6.07, 6.45) is 0. The number of hydrogen-bond donors (Lipinski definition) is 1. The molecular formula is C16H20N2O. The lowest BCUT2D eigenvalue weighted by molar-refractivity contribution is 0.409. The molecule has 2 N–H and O–H groups in total. The molecule has 2 aromatic carbocycles. The van der Waals surface area contributed by atoms with Crippen LogP contribution in [0.1, 0.15) is 11.1 Å². The summed E-state index contributed by atoms with van der Waals surface area (Å²) in [4.78, 5) is 2.21. The van der Waals surface area contributed by atoms with Crippen LogP contribution in [0.3, 0.4) is 0 Å². The molecule has 0 bridgehead atoms.